The molecule has 0 aliphatic carbocycles. The topological polar surface area (TPSA) is 38.3 Å². The highest BCUT2D eigenvalue weighted by Gasteiger charge is 2.14. The molecule has 1 aromatic rings. The molecule has 18 heavy (non-hydrogen) atoms. The predicted molar refractivity (Wildman–Crippen MR) is 75.3 cm³/mol. The van der Waals surface area contributed by atoms with Gasteiger partial charge in [-0.15, -0.1) is 0 Å². The summed E-state index contributed by atoms with van der Waals surface area (Å²) >= 11 is 5.96. The fourth-order valence-electron chi connectivity index (χ4n) is 1.96. The van der Waals surface area contributed by atoms with E-state index in [2.05, 4.69) is 26.1 Å². The number of nitrogens with one attached hydrogen (secondary N) is 1. The number of hydrogen-bond donors (Lipinski definition) is 1. The first-order valence-electron chi connectivity index (χ1n) is 6.08. The van der Waals surface area contributed by atoms with Crippen molar-refractivity contribution in [3.8, 4) is 0 Å². The molecule has 1 rings (SSSR count). The van der Waals surface area contributed by atoms with Crippen molar-refractivity contribution in [3.63, 3.8) is 0 Å². The van der Waals surface area contributed by atoms with Gasteiger partial charge in [0.2, 0.25) is 0 Å². The van der Waals surface area contributed by atoms with E-state index < -0.39 is 0 Å². The molecule has 1 unspecified atom stereocenters. The smallest absolute Gasteiger partial charge is 0.339 e. The second-order valence-electron chi connectivity index (χ2n) is 4.86. The molecule has 0 saturated carbocycles. The summed E-state index contributed by atoms with van der Waals surface area (Å²) in [6.07, 6.45) is 1.02. The summed E-state index contributed by atoms with van der Waals surface area (Å²) in [5.74, 6) is 0.235. The fourth-order valence-corrected chi connectivity index (χ4v) is 2.13. The number of benzene rings is 1. The molecule has 0 aliphatic heterocycles. The first kappa shape index (κ1) is 14.8. The monoisotopic (exact) mass is 269 g/mol. The van der Waals surface area contributed by atoms with E-state index in [0.717, 1.165) is 12.1 Å². The van der Waals surface area contributed by atoms with Gasteiger partial charge in [-0.2, -0.15) is 0 Å². The fraction of sp³-hybridized carbons (Fsp3) is 0.500. The van der Waals surface area contributed by atoms with Gasteiger partial charge in [0.1, 0.15) is 0 Å². The standard InChI is InChI=1S/C14H20ClNO2/c1-9(2)7-10(3)16-13-8-11(15)5-6-12(13)14(17)18-4/h5-6,8-10,16H,7H2,1-4H3. The van der Waals surface area contributed by atoms with Crippen LogP contribution in [0.25, 0.3) is 0 Å². The van der Waals surface area contributed by atoms with Crippen LogP contribution in [0.15, 0.2) is 18.2 Å². The first-order chi connectivity index (χ1) is 8.43. The Labute approximate surface area is 113 Å². The normalized spacial score (nSPS) is 12.3. The number of rotatable bonds is 5. The SMILES string of the molecule is COC(=O)c1ccc(Cl)cc1NC(C)CC(C)C. The van der Waals surface area contributed by atoms with Gasteiger partial charge >= 0.3 is 5.97 Å². The van der Waals surface area contributed by atoms with Crippen LogP contribution >= 0.6 is 11.6 Å². The molecule has 3 nitrogen and oxygen atoms in total. The number of ether oxygens (including phenoxy) is 1. The molecular weight excluding hydrogens is 250 g/mol. The summed E-state index contributed by atoms with van der Waals surface area (Å²) in [4.78, 5) is 11.6. The van der Waals surface area contributed by atoms with Gasteiger partial charge in [0.25, 0.3) is 0 Å². The summed E-state index contributed by atoms with van der Waals surface area (Å²) in [6, 6.07) is 5.39. The largest absolute Gasteiger partial charge is 0.465 e. The number of anilines is 1. The Morgan fingerprint density at radius 1 is 1.39 bits per heavy atom. The summed E-state index contributed by atoms with van der Waals surface area (Å²) < 4.78 is 4.76. The number of methoxy groups -OCH3 is 1. The molecule has 0 saturated heterocycles. The zero-order chi connectivity index (χ0) is 13.7. The summed E-state index contributed by atoms with van der Waals surface area (Å²) in [5.41, 5.74) is 1.24. The average Bonchev–Trinajstić information content (AvgIpc) is 2.27. The molecule has 0 radical (unpaired) electrons. The Morgan fingerprint density at radius 2 is 2.06 bits per heavy atom. The van der Waals surface area contributed by atoms with Crippen molar-refractivity contribution in [2.45, 2.75) is 33.2 Å². The molecular formula is C14H20ClNO2. The third kappa shape index (κ3) is 4.22. The van der Waals surface area contributed by atoms with Crippen LogP contribution in [0.2, 0.25) is 5.02 Å². The van der Waals surface area contributed by atoms with E-state index in [1.807, 2.05) is 0 Å². The van der Waals surface area contributed by atoms with E-state index in [0.29, 0.717) is 16.5 Å². The van der Waals surface area contributed by atoms with Gasteiger partial charge in [-0.3, -0.25) is 0 Å². The molecule has 0 aromatic heterocycles. The van der Waals surface area contributed by atoms with Gasteiger partial charge in [-0.25, -0.2) is 4.79 Å². The minimum atomic E-state index is -0.356. The van der Waals surface area contributed by atoms with E-state index in [9.17, 15) is 4.79 Å². The molecule has 0 amide bonds. The molecule has 1 N–H and O–H groups in total. The lowest BCUT2D eigenvalue weighted by Gasteiger charge is -2.19. The van der Waals surface area contributed by atoms with Gasteiger partial charge in [0.15, 0.2) is 0 Å². The highest BCUT2D eigenvalue weighted by molar-refractivity contribution is 6.31. The number of halogens is 1. The number of carbonyl (C=O) groups excluding carboxylic acids is 1. The molecule has 1 atom stereocenters. The molecule has 4 heteroatoms. The quantitative estimate of drug-likeness (QED) is 0.822. The summed E-state index contributed by atoms with van der Waals surface area (Å²) in [5, 5.41) is 3.91. The van der Waals surface area contributed by atoms with Gasteiger partial charge in [-0.05, 0) is 37.5 Å². The minimum absolute atomic E-state index is 0.270. The van der Waals surface area contributed by atoms with E-state index in [-0.39, 0.29) is 12.0 Å². The summed E-state index contributed by atoms with van der Waals surface area (Å²) in [7, 11) is 1.37. The number of hydrogen-bond acceptors (Lipinski definition) is 3. The molecule has 0 bridgehead atoms. The van der Waals surface area contributed by atoms with Gasteiger partial charge < -0.3 is 10.1 Å². The Bertz CT molecular complexity index is 418. The zero-order valence-electron chi connectivity index (χ0n) is 11.3. The van der Waals surface area contributed by atoms with Crippen LogP contribution in [0.3, 0.4) is 0 Å². The first-order valence-corrected chi connectivity index (χ1v) is 6.46. The van der Waals surface area contributed by atoms with Crippen molar-refractivity contribution >= 4 is 23.3 Å². The van der Waals surface area contributed by atoms with Crippen LogP contribution in [0.1, 0.15) is 37.6 Å². The molecule has 100 valence electrons. The minimum Gasteiger partial charge on any atom is -0.465 e. The second-order valence-corrected chi connectivity index (χ2v) is 5.29. The highest BCUT2D eigenvalue weighted by Crippen LogP contribution is 2.23. The van der Waals surface area contributed by atoms with Crippen molar-refractivity contribution in [1.29, 1.82) is 0 Å². The maximum absolute atomic E-state index is 11.6. The van der Waals surface area contributed by atoms with Crippen LogP contribution in [-0.4, -0.2) is 19.1 Å². The van der Waals surface area contributed by atoms with E-state index in [1.54, 1.807) is 18.2 Å². The molecule has 0 fully saturated rings. The van der Waals surface area contributed by atoms with E-state index in [1.165, 1.54) is 7.11 Å². The Hall–Kier alpha value is -1.22. The Balaban J connectivity index is 2.92. The molecule has 0 aliphatic rings. The van der Waals surface area contributed by atoms with E-state index >= 15 is 0 Å². The van der Waals surface area contributed by atoms with Crippen LogP contribution < -0.4 is 5.32 Å². The highest BCUT2D eigenvalue weighted by atomic mass is 35.5. The van der Waals surface area contributed by atoms with Crippen molar-refractivity contribution in [1.82, 2.24) is 0 Å². The van der Waals surface area contributed by atoms with Gasteiger partial charge in [-0.1, -0.05) is 25.4 Å². The van der Waals surface area contributed by atoms with Gasteiger partial charge in [0.05, 0.1) is 18.4 Å². The number of esters is 1. The van der Waals surface area contributed by atoms with Crippen LogP contribution in [0.4, 0.5) is 5.69 Å². The van der Waals surface area contributed by atoms with E-state index in [4.69, 9.17) is 16.3 Å². The predicted octanol–water partition coefficient (Wildman–Crippen LogP) is 3.97. The van der Waals surface area contributed by atoms with Crippen molar-refractivity contribution in [3.05, 3.63) is 28.8 Å². The van der Waals surface area contributed by atoms with Crippen LogP contribution in [-0.2, 0) is 4.74 Å². The van der Waals surface area contributed by atoms with Crippen molar-refractivity contribution < 1.29 is 9.53 Å². The maximum Gasteiger partial charge on any atom is 0.339 e. The number of carbonyl (C=O) groups is 1. The third-order valence-corrected chi connectivity index (χ3v) is 2.85. The lowest BCUT2D eigenvalue weighted by Crippen LogP contribution is -2.19. The Morgan fingerprint density at radius 3 is 2.61 bits per heavy atom. The maximum atomic E-state index is 11.6. The van der Waals surface area contributed by atoms with Crippen LogP contribution in [0, 0.1) is 5.92 Å². The van der Waals surface area contributed by atoms with Crippen molar-refractivity contribution in [2.24, 2.45) is 5.92 Å². The summed E-state index contributed by atoms with van der Waals surface area (Å²) in [6.45, 7) is 6.41. The molecule has 0 spiro atoms. The average molecular weight is 270 g/mol. The van der Waals surface area contributed by atoms with Gasteiger partial charge in [0, 0.05) is 11.1 Å². The second kappa shape index (κ2) is 6.64. The Kier molecular flexibility index (Phi) is 5.48. The third-order valence-electron chi connectivity index (χ3n) is 2.61. The lowest BCUT2D eigenvalue weighted by molar-refractivity contribution is 0.0602. The van der Waals surface area contributed by atoms with Crippen molar-refractivity contribution in [2.75, 3.05) is 12.4 Å². The lowest BCUT2D eigenvalue weighted by atomic mass is 10.0. The zero-order valence-corrected chi connectivity index (χ0v) is 12.0. The molecule has 1 aromatic carbocycles. The molecule has 0 heterocycles. The van der Waals surface area contributed by atoms with Crippen LogP contribution in [0.5, 0.6) is 0 Å².